The summed E-state index contributed by atoms with van der Waals surface area (Å²) in [5.41, 5.74) is 0. The standard InChI is InChI=1S/C11H21F3N2/c1-9(16-8-11(12,13)14)7-10-5-3-2-4-6-15-10/h9-10,15-16H,2-8H2,1H3. The van der Waals surface area contributed by atoms with Crippen molar-refractivity contribution < 1.29 is 13.2 Å². The largest absolute Gasteiger partial charge is 0.401 e. The number of alkyl halides is 3. The molecule has 16 heavy (non-hydrogen) atoms. The Morgan fingerprint density at radius 2 is 2.06 bits per heavy atom. The van der Waals surface area contributed by atoms with Gasteiger partial charge in [0, 0.05) is 12.1 Å². The highest BCUT2D eigenvalue weighted by molar-refractivity contribution is 4.76. The Hall–Kier alpha value is -0.290. The van der Waals surface area contributed by atoms with Crippen molar-refractivity contribution >= 4 is 0 Å². The zero-order chi connectivity index (χ0) is 12.0. The van der Waals surface area contributed by atoms with E-state index in [2.05, 4.69) is 10.6 Å². The summed E-state index contributed by atoms with van der Waals surface area (Å²) in [7, 11) is 0. The van der Waals surface area contributed by atoms with Gasteiger partial charge in [-0.15, -0.1) is 0 Å². The molecule has 96 valence electrons. The van der Waals surface area contributed by atoms with Crippen molar-refractivity contribution in [1.82, 2.24) is 10.6 Å². The predicted molar refractivity (Wildman–Crippen MR) is 58.4 cm³/mol. The molecule has 0 bridgehead atoms. The van der Waals surface area contributed by atoms with Gasteiger partial charge in [-0.3, -0.25) is 0 Å². The number of halogens is 3. The van der Waals surface area contributed by atoms with E-state index in [-0.39, 0.29) is 6.04 Å². The van der Waals surface area contributed by atoms with Crippen LogP contribution < -0.4 is 10.6 Å². The second-order valence-electron chi connectivity index (χ2n) is 4.63. The number of hydrogen-bond acceptors (Lipinski definition) is 2. The summed E-state index contributed by atoms with van der Waals surface area (Å²) in [6.07, 6.45) is 1.34. The molecule has 1 aliphatic heterocycles. The smallest absolute Gasteiger partial charge is 0.314 e. The maximum atomic E-state index is 12.0. The topological polar surface area (TPSA) is 24.1 Å². The van der Waals surface area contributed by atoms with Crippen LogP contribution >= 0.6 is 0 Å². The molecular formula is C11H21F3N2. The minimum atomic E-state index is -4.11. The molecule has 0 aliphatic carbocycles. The van der Waals surface area contributed by atoms with Crippen molar-refractivity contribution in [3.8, 4) is 0 Å². The molecule has 5 heteroatoms. The molecule has 0 aromatic heterocycles. The number of rotatable bonds is 4. The minimum Gasteiger partial charge on any atom is -0.314 e. The first-order valence-corrected chi connectivity index (χ1v) is 6.01. The van der Waals surface area contributed by atoms with Gasteiger partial charge >= 0.3 is 6.18 Å². The average molecular weight is 238 g/mol. The molecule has 1 heterocycles. The molecule has 1 saturated heterocycles. The van der Waals surface area contributed by atoms with Gasteiger partial charge in [-0.25, -0.2) is 0 Å². The van der Waals surface area contributed by atoms with Crippen molar-refractivity contribution in [2.45, 2.75) is 57.3 Å². The quantitative estimate of drug-likeness (QED) is 0.786. The third-order valence-corrected chi connectivity index (χ3v) is 2.95. The fraction of sp³-hybridized carbons (Fsp3) is 1.00. The lowest BCUT2D eigenvalue weighted by Gasteiger charge is -2.22. The normalized spacial score (nSPS) is 25.1. The van der Waals surface area contributed by atoms with E-state index in [0.29, 0.717) is 6.04 Å². The lowest BCUT2D eigenvalue weighted by atomic mass is 10.0. The lowest BCUT2D eigenvalue weighted by Crippen LogP contribution is -2.40. The van der Waals surface area contributed by atoms with Gasteiger partial charge in [0.15, 0.2) is 0 Å². The maximum Gasteiger partial charge on any atom is 0.401 e. The average Bonchev–Trinajstić information content (AvgIpc) is 2.42. The Kier molecular flexibility index (Phi) is 5.55. The first-order chi connectivity index (χ1) is 7.47. The molecule has 0 radical (unpaired) electrons. The lowest BCUT2D eigenvalue weighted by molar-refractivity contribution is -0.126. The van der Waals surface area contributed by atoms with Gasteiger partial charge in [-0.2, -0.15) is 13.2 Å². The van der Waals surface area contributed by atoms with Crippen LogP contribution in [-0.2, 0) is 0 Å². The molecule has 2 nitrogen and oxygen atoms in total. The molecular weight excluding hydrogens is 217 g/mol. The Balaban J connectivity index is 2.19. The highest BCUT2D eigenvalue weighted by atomic mass is 19.4. The first-order valence-electron chi connectivity index (χ1n) is 6.01. The summed E-state index contributed by atoms with van der Waals surface area (Å²) < 4.78 is 35.9. The van der Waals surface area contributed by atoms with Crippen LogP contribution in [0.2, 0.25) is 0 Å². The van der Waals surface area contributed by atoms with Crippen molar-refractivity contribution in [3.63, 3.8) is 0 Å². The second kappa shape index (κ2) is 6.45. The summed E-state index contributed by atoms with van der Waals surface area (Å²) in [5, 5.41) is 5.91. The van der Waals surface area contributed by atoms with Gasteiger partial charge in [-0.1, -0.05) is 12.8 Å². The number of nitrogens with one attached hydrogen (secondary N) is 2. The second-order valence-corrected chi connectivity index (χ2v) is 4.63. The summed E-state index contributed by atoms with van der Waals surface area (Å²) in [5.74, 6) is 0. The zero-order valence-electron chi connectivity index (χ0n) is 9.74. The zero-order valence-corrected chi connectivity index (χ0v) is 9.74. The summed E-state index contributed by atoms with van der Waals surface area (Å²) in [6.45, 7) is 1.93. The van der Waals surface area contributed by atoms with Crippen molar-refractivity contribution in [1.29, 1.82) is 0 Å². The van der Waals surface area contributed by atoms with Gasteiger partial charge in [0.1, 0.15) is 0 Å². The molecule has 2 unspecified atom stereocenters. The van der Waals surface area contributed by atoms with Crippen LogP contribution in [0.1, 0.15) is 39.0 Å². The Labute approximate surface area is 95.0 Å². The van der Waals surface area contributed by atoms with Crippen LogP contribution in [0.15, 0.2) is 0 Å². The summed E-state index contributed by atoms with van der Waals surface area (Å²) in [4.78, 5) is 0. The highest BCUT2D eigenvalue weighted by Crippen LogP contribution is 2.15. The minimum absolute atomic E-state index is 0.0859. The molecule has 0 aromatic rings. The van der Waals surface area contributed by atoms with Crippen LogP contribution in [0.25, 0.3) is 0 Å². The predicted octanol–water partition coefficient (Wildman–Crippen LogP) is 2.45. The van der Waals surface area contributed by atoms with E-state index < -0.39 is 12.7 Å². The van der Waals surface area contributed by atoms with E-state index in [1.807, 2.05) is 6.92 Å². The van der Waals surface area contributed by atoms with Gasteiger partial charge in [0.25, 0.3) is 0 Å². The molecule has 1 rings (SSSR count). The molecule has 0 amide bonds. The molecule has 1 fully saturated rings. The molecule has 0 saturated carbocycles. The van der Waals surface area contributed by atoms with Gasteiger partial charge in [-0.05, 0) is 32.7 Å². The van der Waals surface area contributed by atoms with E-state index in [4.69, 9.17) is 0 Å². The van der Waals surface area contributed by atoms with Crippen LogP contribution in [0.5, 0.6) is 0 Å². The van der Waals surface area contributed by atoms with E-state index in [0.717, 1.165) is 19.4 Å². The SMILES string of the molecule is CC(CC1CCCCCN1)NCC(F)(F)F. The van der Waals surface area contributed by atoms with Crippen molar-refractivity contribution in [2.75, 3.05) is 13.1 Å². The maximum absolute atomic E-state index is 12.0. The van der Waals surface area contributed by atoms with Gasteiger partial charge < -0.3 is 10.6 Å². The van der Waals surface area contributed by atoms with Crippen LogP contribution in [0, 0.1) is 0 Å². The Bertz CT molecular complexity index is 186. The van der Waals surface area contributed by atoms with E-state index in [9.17, 15) is 13.2 Å². The molecule has 2 N–H and O–H groups in total. The Morgan fingerprint density at radius 1 is 1.31 bits per heavy atom. The van der Waals surface area contributed by atoms with Crippen molar-refractivity contribution in [3.05, 3.63) is 0 Å². The van der Waals surface area contributed by atoms with Crippen LogP contribution in [-0.4, -0.2) is 31.3 Å². The summed E-state index contributed by atoms with van der Waals surface area (Å²) >= 11 is 0. The molecule has 0 aromatic carbocycles. The monoisotopic (exact) mass is 238 g/mol. The van der Waals surface area contributed by atoms with Gasteiger partial charge in [0.2, 0.25) is 0 Å². The van der Waals surface area contributed by atoms with E-state index >= 15 is 0 Å². The molecule has 0 spiro atoms. The fourth-order valence-electron chi connectivity index (χ4n) is 2.10. The van der Waals surface area contributed by atoms with Crippen molar-refractivity contribution in [2.24, 2.45) is 0 Å². The van der Waals surface area contributed by atoms with E-state index in [1.54, 1.807) is 0 Å². The fourth-order valence-corrected chi connectivity index (χ4v) is 2.10. The third kappa shape index (κ3) is 6.33. The van der Waals surface area contributed by atoms with Gasteiger partial charge in [0.05, 0.1) is 6.54 Å². The molecule has 1 aliphatic rings. The number of hydrogen-bond donors (Lipinski definition) is 2. The highest BCUT2D eigenvalue weighted by Gasteiger charge is 2.27. The Morgan fingerprint density at radius 3 is 2.75 bits per heavy atom. The molecule has 2 atom stereocenters. The van der Waals surface area contributed by atoms with Crippen LogP contribution in [0.4, 0.5) is 13.2 Å². The summed E-state index contributed by atoms with van der Waals surface area (Å²) in [6, 6.07) is 0.287. The third-order valence-electron chi connectivity index (χ3n) is 2.95. The van der Waals surface area contributed by atoms with E-state index in [1.165, 1.54) is 19.3 Å². The van der Waals surface area contributed by atoms with Crippen LogP contribution in [0.3, 0.4) is 0 Å². The first kappa shape index (κ1) is 13.8.